The summed E-state index contributed by atoms with van der Waals surface area (Å²) in [7, 11) is 0. The number of Topliss-reactive ketones (excluding diaryl/α,β-unsaturated/α-hetero) is 1. The second-order valence-electron chi connectivity index (χ2n) is 8.05. The van der Waals surface area contributed by atoms with Gasteiger partial charge in [0.05, 0.1) is 23.3 Å². The van der Waals surface area contributed by atoms with Crippen LogP contribution in [-0.4, -0.2) is 35.0 Å². The summed E-state index contributed by atoms with van der Waals surface area (Å²) < 4.78 is 2.15. The van der Waals surface area contributed by atoms with E-state index in [-0.39, 0.29) is 22.8 Å². The van der Waals surface area contributed by atoms with Crippen molar-refractivity contribution in [1.29, 1.82) is 10.8 Å². The lowest BCUT2D eigenvalue weighted by Crippen LogP contribution is -2.41. The van der Waals surface area contributed by atoms with Gasteiger partial charge in [0, 0.05) is 40.4 Å². The Morgan fingerprint density at radius 3 is 2.59 bits per heavy atom. The van der Waals surface area contributed by atoms with Gasteiger partial charge in [-0.1, -0.05) is 23.2 Å². The van der Waals surface area contributed by atoms with Gasteiger partial charge in [-0.05, 0) is 57.0 Å². The Morgan fingerprint density at radius 1 is 1.19 bits per heavy atom. The summed E-state index contributed by atoms with van der Waals surface area (Å²) in [5.41, 5.74) is 4.81. The van der Waals surface area contributed by atoms with Crippen LogP contribution in [0.5, 0.6) is 0 Å². The average molecular weight is 450 g/mol. The first kappa shape index (κ1) is 21.8. The van der Waals surface area contributed by atoms with Gasteiger partial charge in [0.15, 0.2) is 5.78 Å². The van der Waals surface area contributed by atoms with Gasteiger partial charge >= 0.3 is 0 Å². The predicted molar refractivity (Wildman–Crippen MR) is 128 cm³/mol. The van der Waals surface area contributed by atoms with E-state index in [0.29, 0.717) is 24.2 Å². The third-order valence-electron chi connectivity index (χ3n) is 5.92. The molecule has 0 aliphatic carbocycles. The van der Waals surface area contributed by atoms with Crippen molar-refractivity contribution in [2.24, 2.45) is 0 Å². The fourth-order valence-corrected chi connectivity index (χ4v) is 4.68. The predicted octanol–water partition coefficient (Wildman–Crippen LogP) is 4.57. The topological polar surface area (TPSA) is 102 Å². The van der Waals surface area contributed by atoms with Gasteiger partial charge in [0.2, 0.25) is 0 Å². The van der Waals surface area contributed by atoms with Gasteiger partial charge in [-0.3, -0.25) is 25.3 Å². The molecule has 1 aliphatic rings. The van der Waals surface area contributed by atoms with E-state index in [9.17, 15) is 9.59 Å². The van der Waals surface area contributed by atoms with Crippen LogP contribution >= 0.6 is 11.6 Å². The number of hydrogen-bond acceptors (Lipinski definition) is 4. The number of carbonyl (C=O) groups is 2. The van der Waals surface area contributed by atoms with Crippen molar-refractivity contribution in [3.05, 3.63) is 63.8 Å². The zero-order valence-electron chi connectivity index (χ0n) is 17.9. The van der Waals surface area contributed by atoms with E-state index < -0.39 is 0 Å². The summed E-state index contributed by atoms with van der Waals surface area (Å²) in [6, 6.07) is 10.8. The molecule has 2 heterocycles. The van der Waals surface area contributed by atoms with E-state index >= 15 is 0 Å². The SMILES string of the molecule is CC(=O)c1c2n(c3ccc(C)cc13)CC(NC(=O)c1ccc(N(C=N)C=N)cc1Cl)CC2. The maximum absolute atomic E-state index is 12.9. The highest BCUT2D eigenvalue weighted by Gasteiger charge is 2.28. The smallest absolute Gasteiger partial charge is 0.253 e. The highest BCUT2D eigenvalue weighted by molar-refractivity contribution is 6.34. The lowest BCUT2D eigenvalue weighted by atomic mass is 9.99. The molecule has 1 amide bonds. The van der Waals surface area contributed by atoms with Crippen molar-refractivity contribution in [3.8, 4) is 0 Å². The summed E-state index contributed by atoms with van der Waals surface area (Å²) in [5.74, 6) is -0.210. The molecule has 1 aromatic heterocycles. The number of fused-ring (bicyclic) bond motifs is 3. The minimum Gasteiger partial charge on any atom is -0.347 e. The van der Waals surface area contributed by atoms with E-state index in [1.54, 1.807) is 25.1 Å². The van der Waals surface area contributed by atoms with Gasteiger partial charge in [-0.15, -0.1) is 0 Å². The molecule has 32 heavy (non-hydrogen) atoms. The Bertz CT molecular complexity index is 1250. The molecule has 0 bridgehead atoms. The molecule has 0 saturated heterocycles. The van der Waals surface area contributed by atoms with Crippen LogP contribution in [-0.2, 0) is 13.0 Å². The number of carbonyl (C=O) groups excluding carboxylic acids is 2. The standard InChI is InChI=1S/C24H24ClN5O2/c1-14-3-7-21-19(9-14)23(15(2)31)22-8-4-16(11-30(21)22)28-24(32)18-6-5-17(10-20(18)25)29(12-26)13-27/h3,5-7,9-10,12-13,16,26-27H,4,8,11H2,1-2H3,(H,28,32). The molecule has 2 aromatic carbocycles. The molecule has 0 fully saturated rings. The molecule has 0 spiro atoms. The number of aryl methyl sites for hydroxylation is 1. The number of nitrogens with one attached hydrogen (secondary N) is 3. The van der Waals surface area contributed by atoms with Crippen molar-refractivity contribution in [2.45, 2.75) is 39.3 Å². The first-order chi connectivity index (χ1) is 15.3. The molecule has 1 aliphatic heterocycles. The fourth-order valence-electron chi connectivity index (χ4n) is 4.42. The summed E-state index contributed by atoms with van der Waals surface area (Å²) in [4.78, 5) is 26.6. The number of ketones is 1. The quantitative estimate of drug-likeness (QED) is 0.292. The second kappa shape index (κ2) is 8.59. The first-order valence-corrected chi connectivity index (χ1v) is 10.7. The van der Waals surface area contributed by atoms with Crippen molar-refractivity contribution < 1.29 is 9.59 Å². The number of halogens is 1. The monoisotopic (exact) mass is 449 g/mol. The van der Waals surface area contributed by atoms with E-state index in [1.807, 2.05) is 19.1 Å². The molecular weight excluding hydrogens is 426 g/mol. The van der Waals surface area contributed by atoms with Crippen LogP contribution in [0.2, 0.25) is 5.02 Å². The van der Waals surface area contributed by atoms with Gasteiger partial charge in [0.25, 0.3) is 5.91 Å². The average Bonchev–Trinajstić information content (AvgIpc) is 3.07. The number of amides is 1. The molecule has 1 unspecified atom stereocenters. The van der Waals surface area contributed by atoms with Crippen LogP contribution in [0.1, 0.15) is 45.3 Å². The number of nitrogens with zero attached hydrogens (tertiary/aromatic N) is 2. The Labute approximate surface area is 191 Å². The normalized spacial score (nSPS) is 15.2. The van der Waals surface area contributed by atoms with Gasteiger partial charge < -0.3 is 9.88 Å². The maximum Gasteiger partial charge on any atom is 0.253 e. The van der Waals surface area contributed by atoms with Crippen LogP contribution in [0, 0.1) is 17.7 Å². The largest absolute Gasteiger partial charge is 0.347 e. The Hall–Kier alpha value is -3.45. The lowest BCUT2D eigenvalue weighted by Gasteiger charge is -2.27. The van der Waals surface area contributed by atoms with Crippen LogP contribution in [0.4, 0.5) is 5.69 Å². The fraction of sp³-hybridized carbons (Fsp3) is 0.250. The van der Waals surface area contributed by atoms with Crippen LogP contribution in [0.3, 0.4) is 0 Å². The van der Waals surface area contributed by atoms with Gasteiger partial charge in [0.1, 0.15) is 0 Å². The molecule has 0 radical (unpaired) electrons. The van der Waals surface area contributed by atoms with E-state index in [1.165, 1.54) is 4.90 Å². The van der Waals surface area contributed by atoms with E-state index in [2.05, 4.69) is 16.0 Å². The highest BCUT2D eigenvalue weighted by atomic mass is 35.5. The second-order valence-corrected chi connectivity index (χ2v) is 8.45. The zero-order valence-corrected chi connectivity index (χ0v) is 18.7. The molecule has 3 N–H and O–H groups in total. The molecule has 4 rings (SSSR count). The number of aromatic nitrogens is 1. The van der Waals surface area contributed by atoms with Crippen LogP contribution in [0.15, 0.2) is 36.4 Å². The highest BCUT2D eigenvalue weighted by Crippen LogP contribution is 2.32. The Morgan fingerprint density at radius 2 is 1.94 bits per heavy atom. The summed E-state index contributed by atoms with van der Waals surface area (Å²) in [6.07, 6.45) is 3.42. The minimum absolute atomic E-state index is 0.0626. The molecule has 8 heteroatoms. The first-order valence-electron chi connectivity index (χ1n) is 10.4. The number of anilines is 1. The van der Waals surface area contributed by atoms with Gasteiger partial charge in [-0.25, -0.2) is 0 Å². The van der Waals surface area contributed by atoms with Crippen molar-refractivity contribution >= 4 is 52.6 Å². The summed E-state index contributed by atoms with van der Waals surface area (Å²) in [6.45, 7) is 4.20. The number of rotatable bonds is 6. The molecule has 0 saturated carbocycles. The molecular formula is C24H24ClN5O2. The van der Waals surface area contributed by atoms with Crippen molar-refractivity contribution in [3.63, 3.8) is 0 Å². The Kier molecular flexibility index (Phi) is 5.84. The number of benzene rings is 2. The number of hydrogen-bond donors (Lipinski definition) is 3. The molecule has 7 nitrogen and oxygen atoms in total. The zero-order chi connectivity index (χ0) is 23.0. The van der Waals surface area contributed by atoms with E-state index in [0.717, 1.165) is 46.8 Å². The van der Waals surface area contributed by atoms with E-state index in [4.69, 9.17) is 22.4 Å². The van der Waals surface area contributed by atoms with Crippen molar-refractivity contribution in [1.82, 2.24) is 9.88 Å². The minimum atomic E-state index is -0.273. The van der Waals surface area contributed by atoms with Crippen LogP contribution in [0.25, 0.3) is 10.9 Å². The third-order valence-corrected chi connectivity index (χ3v) is 6.23. The molecule has 1 atom stereocenters. The van der Waals surface area contributed by atoms with Crippen molar-refractivity contribution in [2.75, 3.05) is 4.90 Å². The Balaban J connectivity index is 1.59. The van der Waals surface area contributed by atoms with Gasteiger partial charge in [-0.2, -0.15) is 0 Å². The maximum atomic E-state index is 12.9. The molecule has 3 aromatic rings. The third kappa shape index (κ3) is 3.80. The lowest BCUT2D eigenvalue weighted by molar-refractivity contribution is 0.0926. The summed E-state index contributed by atoms with van der Waals surface area (Å²) in [5, 5.41) is 19.0. The summed E-state index contributed by atoms with van der Waals surface area (Å²) >= 11 is 6.33. The molecule has 164 valence electrons. The van der Waals surface area contributed by atoms with Crippen LogP contribution < -0.4 is 10.2 Å².